The summed E-state index contributed by atoms with van der Waals surface area (Å²) in [5, 5.41) is 13.9. The van der Waals surface area contributed by atoms with Gasteiger partial charge in [-0.2, -0.15) is 0 Å². The molecule has 1 N–H and O–H groups in total. The van der Waals surface area contributed by atoms with E-state index in [1.807, 2.05) is 18.2 Å². The zero-order chi connectivity index (χ0) is 12.7. The van der Waals surface area contributed by atoms with Gasteiger partial charge in [-0.25, -0.2) is 4.98 Å². The van der Waals surface area contributed by atoms with Gasteiger partial charge >= 0.3 is 0 Å². The number of nitro groups is 1. The van der Waals surface area contributed by atoms with Crippen LogP contribution in [-0.2, 0) is 0 Å². The van der Waals surface area contributed by atoms with Crippen LogP contribution in [0.4, 0.5) is 17.2 Å². The lowest BCUT2D eigenvalue weighted by molar-refractivity contribution is -0.385. The van der Waals surface area contributed by atoms with Crippen molar-refractivity contribution in [3.05, 3.63) is 45.0 Å². The predicted octanol–water partition coefficient (Wildman–Crippen LogP) is 3.96. The molecular weight excluding hydrogens is 318 g/mol. The monoisotopic (exact) mass is 323 g/mol. The molecule has 1 aliphatic rings. The molecule has 0 unspecified atom stereocenters. The van der Waals surface area contributed by atoms with Gasteiger partial charge in [-0.15, -0.1) is 0 Å². The van der Waals surface area contributed by atoms with Crippen LogP contribution in [0.1, 0.15) is 0 Å². The maximum atomic E-state index is 10.7. The maximum absolute atomic E-state index is 10.7. The van der Waals surface area contributed by atoms with Crippen LogP contribution in [-0.4, -0.2) is 9.91 Å². The summed E-state index contributed by atoms with van der Waals surface area (Å²) in [6, 6.07) is 7.35. The molecule has 1 aromatic heterocycles. The Hall–Kier alpha value is -1.60. The van der Waals surface area contributed by atoms with Crippen LogP contribution >= 0.6 is 27.7 Å². The lowest BCUT2D eigenvalue weighted by Gasteiger charge is -2.20. The van der Waals surface area contributed by atoms with Crippen molar-refractivity contribution in [2.24, 2.45) is 0 Å². The Labute approximate surface area is 115 Å². The van der Waals surface area contributed by atoms with E-state index in [0.717, 1.165) is 20.0 Å². The molecule has 0 bridgehead atoms. The Bertz CT molecular complexity index is 663. The Balaban J connectivity index is 2.08. The van der Waals surface area contributed by atoms with Crippen molar-refractivity contribution in [1.29, 1.82) is 0 Å². The van der Waals surface area contributed by atoms with Crippen molar-refractivity contribution in [1.82, 2.24) is 4.98 Å². The number of anilines is 2. The quantitative estimate of drug-likeness (QED) is 0.542. The van der Waals surface area contributed by atoms with Crippen LogP contribution in [0, 0.1) is 10.1 Å². The third kappa shape index (κ3) is 1.85. The summed E-state index contributed by atoms with van der Waals surface area (Å²) in [5.74, 6) is 0.644. The van der Waals surface area contributed by atoms with Gasteiger partial charge in [0.15, 0.2) is 0 Å². The molecule has 3 rings (SSSR count). The molecule has 1 aromatic carbocycles. The van der Waals surface area contributed by atoms with Crippen LogP contribution in [0.15, 0.2) is 44.7 Å². The second-order valence-corrected chi connectivity index (χ2v) is 5.58. The summed E-state index contributed by atoms with van der Waals surface area (Å²) < 4.78 is 0.943. The number of hydrogen-bond acceptors (Lipinski definition) is 5. The molecule has 1 aliphatic heterocycles. The lowest BCUT2D eigenvalue weighted by Crippen LogP contribution is -2.03. The first-order valence-corrected chi connectivity index (χ1v) is 6.64. The number of nitrogens with zero attached hydrogens (tertiary/aromatic N) is 2. The van der Waals surface area contributed by atoms with Gasteiger partial charge < -0.3 is 5.32 Å². The van der Waals surface area contributed by atoms with Gasteiger partial charge in [0.25, 0.3) is 5.69 Å². The second-order valence-electron chi connectivity index (χ2n) is 3.64. The van der Waals surface area contributed by atoms with Gasteiger partial charge in [0, 0.05) is 15.4 Å². The fourth-order valence-electron chi connectivity index (χ4n) is 1.65. The minimum Gasteiger partial charge on any atom is -0.337 e. The van der Waals surface area contributed by atoms with E-state index in [2.05, 4.69) is 26.2 Å². The predicted molar refractivity (Wildman–Crippen MR) is 72.4 cm³/mol. The highest BCUT2D eigenvalue weighted by molar-refractivity contribution is 9.10. The molecule has 0 saturated carbocycles. The first-order chi connectivity index (χ1) is 8.65. The van der Waals surface area contributed by atoms with E-state index in [4.69, 9.17) is 0 Å². The number of halogens is 1. The first kappa shape index (κ1) is 11.5. The molecule has 0 fully saturated rings. The third-order valence-electron chi connectivity index (χ3n) is 2.49. The van der Waals surface area contributed by atoms with Crippen molar-refractivity contribution >= 4 is 44.9 Å². The van der Waals surface area contributed by atoms with E-state index in [1.54, 1.807) is 0 Å². The van der Waals surface area contributed by atoms with Crippen molar-refractivity contribution in [3.8, 4) is 0 Å². The highest BCUT2D eigenvalue weighted by Crippen LogP contribution is 2.46. The van der Waals surface area contributed by atoms with Gasteiger partial charge in [0.05, 0.1) is 15.5 Å². The topological polar surface area (TPSA) is 68.1 Å². The van der Waals surface area contributed by atoms with Crippen molar-refractivity contribution < 1.29 is 4.92 Å². The van der Waals surface area contributed by atoms with Crippen molar-refractivity contribution in [2.75, 3.05) is 5.32 Å². The molecule has 0 amide bonds. The minimum atomic E-state index is -0.440. The number of benzene rings is 1. The number of para-hydroxylation sites is 1. The van der Waals surface area contributed by atoms with E-state index >= 15 is 0 Å². The van der Waals surface area contributed by atoms with Gasteiger partial charge in [0.2, 0.25) is 0 Å². The van der Waals surface area contributed by atoms with Crippen LogP contribution < -0.4 is 5.32 Å². The Morgan fingerprint density at radius 2 is 2.22 bits per heavy atom. The first-order valence-electron chi connectivity index (χ1n) is 5.03. The second kappa shape index (κ2) is 4.25. The van der Waals surface area contributed by atoms with E-state index in [9.17, 15) is 10.1 Å². The van der Waals surface area contributed by atoms with E-state index in [1.165, 1.54) is 24.0 Å². The fraction of sp³-hybridized carbons (Fsp3) is 0. The summed E-state index contributed by atoms with van der Waals surface area (Å²) in [4.78, 5) is 16.1. The van der Waals surface area contributed by atoms with Gasteiger partial charge in [-0.05, 0) is 28.1 Å². The molecule has 0 saturated heterocycles. The van der Waals surface area contributed by atoms with Crippen LogP contribution in [0.2, 0.25) is 0 Å². The van der Waals surface area contributed by atoms with Crippen LogP contribution in [0.5, 0.6) is 0 Å². The molecule has 0 aliphatic carbocycles. The molecule has 90 valence electrons. The van der Waals surface area contributed by atoms with E-state index in [0.29, 0.717) is 5.82 Å². The molecule has 0 spiro atoms. The average Bonchev–Trinajstić information content (AvgIpc) is 2.36. The van der Waals surface area contributed by atoms with Crippen LogP contribution in [0.3, 0.4) is 0 Å². The number of hydrogen-bond donors (Lipinski definition) is 1. The Morgan fingerprint density at radius 1 is 1.39 bits per heavy atom. The molecule has 0 atom stereocenters. The molecule has 18 heavy (non-hydrogen) atoms. The molecule has 5 nitrogen and oxygen atoms in total. The highest BCUT2D eigenvalue weighted by atomic mass is 79.9. The molecule has 2 heterocycles. The summed E-state index contributed by atoms with van der Waals surface area (Å²) in [6.45, 7) is 0. The smallest absolute Gasteiger partial charge is 0.288 e. The Kier molecular flexibility index (Phi) is 2.71. The zero-order valence-corrected chi connectivity index (χ0v) is 11.3. The van der Waals surface area contributed by atoms with Crippen molar-refractivity contribution in [3.63, 3.8) is 0 Å². The summed E-state index contributed by atoms with van der Waals surface area (Å²) in [6.07, 6.45) is 1.26. The third-order valence-corrected chi connectivity index (χ3v) is 4.24. The fourth-order valence-corrected chi connectivity index (χ4v) is 3.28. The number of rotatable bonds is 1. The highest BCUT2D eigenvalue weighted by Gasteiger charge is 2.21. The molecule has 0 radical (unpaired) electrons. The van der Waals surface area contributed by atoms with E-state index < -0.39 is 4.92 Å². The standard InChI is InChI=1S/C11H6BrN3O2S/c12-7-2-1-3-8-10(7)14-11-9(18-8)4-6(5-13-11)15(16)17/h1-5H,(H,13,14). The summed E-state index contributed by atoms with van der Waals surface area (Å²) >= 11 is 4.93. The van der Waals surface area contributed by atoms with Gasteiger partial charge in [-0.1, -0.05) is 17.8 Å². The SMILES string of the molecule is O=[N+]([O-])c1cnc2c(c1)Sc1cccc(Br)c1N2. The van der Waals surface area contributed by atoms with Gasteiger partial charge in [0.1, 0.15) is 12.0 Å². The Morgan fingerprint density at radius 3 is 3.00 bits per heavy atom. The average molecular weight is 324 g/mol. The minimum absolute atomic E-state index is 0.00139. The summed E-state index contributed by atoms with van der Waals surface area (Å²) in [5.41, 5.74) is 0.942. The van der Waals surface area contributed by atoms with Crippen molar-refractivity contribution in [2.45, 2.75) is 9.79 Å². The summed E-state index contributed by atoms with van der Waals surface area (Å²) in [7, 11) is 0. The van der Waals surface area contributed by atoms with E-state index in [-0.39, 0.29) is 5.69 Å². The van der Waals surface area contributed by atoms with Gasteiger partial charge in [-0.3, -0.25) is 10.1 Å². The molecular formula is C11H6BrN3O2S. The molecule has 2 aromatic rings. The maximum Gasteiger partial charge on any atom is 0.288 e. The zero-order valence-electron chi connectivity index (χ0n) is 8.88. The lowest BCUT2D eigenvalue weighted by atomic mass is 10.3. The number of fused-ring (bicyclic) bond motifs is 2. The number of pyridine rings is 1. The largest absolute Gasteiger partial charge is 0.337 e. The number of aromatic nitrogens is 1. The van der Waals surface area contributed by atoms with Crippen LogP contribution in [0.25, 0.3) is 0 Å². The molecule has 7 heteroatoms. The number of nitrogens with one attached hydrogen (secondary N) is 1. The normalized spacial score (nSPS) is 12.3.